The number of piperidine rings is 1. The number of fused-ring (bicyclic) bond motifs is 1. The summed E-state index contributed by atoms with van der Waals surface area (Å²) in [5, 5.41) is 6.79. The Morgan fingerprint density at radius 2 is 1.98 bits per heavy atom. The van der Waals surface area contributed by atoms with Crippen molar-refractivity contribution in [3.05, 3.63) is 54.2 Å². The van der Waals surface area contributed by atoms with Crippen molar-refractivity contribution in [3.8, 4) is 11.5 Å². The van der Waals surface area contributed by atoms with Crippen LogP contribution in [0.1, 0.15) is 51.0 Å². The molecular formula is C32H41N5O5. The van der Waals surface area contributed by atoms with Gasteiger partial charge in [0.1, 0.15) is 6.54 Å². The van der Waals surface area contributed by atoms with Crippen molar-refractivity contribution in [2.45, 2.75) is 64.6 Å². The molecule has 10 nitrogen and oxygen atoms in total. The van der Waals surface area contributed by atoms with Crippen LogP contribution in [0.25, 0.3) is 10.9 Å². The molecule has 0 aliphatic carbocycles. The van der Waals surface area contributed by atoms with Gasteiger partial charge in [0, 0.05) is 67.5 Å². The first-order valence-electron chi connectivity index (χ1n) is 15.0. The number of aromatic nitrogens is 1. The molecule has 1 atom stereocenters. The first-order valence-corrected chi connectivity index (χ1v) is 15.0. The van der Waals surface area contributed by atoms with E-state index in [9.17, 15) is 14.4 Å². The summed E-state index contributed by atoms with van der Waals surface area (Å²) >= 11 is 0. The van der Waals surface area contributed by atoms with Gasteiger partial charge in [0.2, 0.25) is 11.8 Å². The predicted octanol–water partition coefficient (Wildman–Crippen LogP) is 4.45. The fourth-order valence-electron chi connectivity index (χ4n) is 5.75. The molecule has 2 aliphatic heterocycles. The van der Waals surface area contributed by atoms with Gasteiger partial charge in [-0.1, -0.05) is 31.9 Å². The number of rotatable bonds is 12. The Hall–Kier alpha value is -4.21. The number of anilines is 1. The zero-order valence-corrected chi connectivity index (χ0v) is 24.6. The van der Waals surface area contributed by atoms with Crippen LogP contribution >= 0.6 is 0 Å². The third-order valence-corrected chi connectivity index (χ3v) is 7.97. The SMILES string of the molecule is CCCCCOc1cc(N2CCCN(Cc3cccc4c3ccn4CC(=O)NC3CCNC(=O)C3)C2=O)ccc1OC. The van der Waals surface area contributed by atoms with Crippen molar-refractivity contribution in [2.75, 3.05) is 38.3 Å². The van der Waals surface area contributed by atoms with Crippen molar-refractivity contribution in [2.24, 2.45) is 0 Å². The highest BCUT2D eigenvalue weighted by atomic mass is 16.5. The molecule has 2 saturated heterocycles. The highest BCUT2D eigenvalue weighted by molar-refractivity contribution is 5.94. The largest absolute Gasteiger partial charge is 0.493 e. The minimum Gasteiger partial charge on any atom is -0.493 e. The van der Waals surface area contributed by atoms with Crippen LogP contribution in [0.15, 0.2) is 48.7 Å². The predicted molar refractivity (Wildman–Crippen MR) is 162 cm³/mol. The van der Waals surface area contributed by atoms with Crippen LogP contribution < -0.4 is 25.0 Å². The fourth-order valence-corrected chi connectivity index (χ4v) is 5.75. The van der Waals surface area contributed by atoms with Crippen LogP contribution in [0.2, 0.25) is 0 Å². The van der Waals surface area contributed by atoms with E-state index >= 15 is 0 Å². The van der Waals surface area contributed by atoms with E-state index in [1.165, 1.54) is 0 Å². The van der Waals surface area contributed by atoms with Gasteiger partial charge in [-0.05, 0) is 49.1 Å². The van der Waals surface area contributed by atoms with Gasteiger partial charge in [-0.25, -0.2) is 4.79 Å². The quantitative estimate of drug-likeness (QED) is 0.311. The first kappa shape index (κ1) is 29.3. The zero-order valence-electron chi connectivity index (χ0n) is 24.6. The molecule has 224 valence electrons. The maximum Gasteiger partial charge on any atom is 0.324 e. The van der Waals surface area contributed by atoms with Crippen molar-refractivity contribution in [3.63, 3.8) is 0 Å². The lowest BCUT2D eigenvalue weighted by Gasteiger charge is -2.36. The van der Waals surface area contributed by atoms with E-state index in [1.54, 1.807) is 7.11 Å². The summed E-state index contributed by atoms with van der Waals surface area (Å²) in [6.07, 6.45) is 6.99. The van der Waals surface area contributed by atoms with Crippen LogP contribution in [0.4, 0.5) is 10.5 Å². The van der Waals surface area contributed by atoms with E-state index < -0.39 is 0 Å². The topological polar surface area (TPSA) is 105 Å². The molecule has 3 heterocycles. The maximum atomic E-state index is 13.7. The number of nitrogens with one attached hydrogen (secondary N) is 2. The Labute approximate surface area is 246 Å². The Bertz CT molecular complexity index is 1420. The van der Waals surface area contributed by atoms with Crippen molar-refractivity contribution < 1.29 is 23.9 Å². The van der Waals surface area contributed by atoms with Crippen LogP contribution in [-0.2, 0) is 22.7 Å². The molecule has 0 bridgehead atoms. The summed E-state index contributed by atoms with van der Waals surface area (Å²) in [6, 6.07) is 13.5. The average Bonchev–Trinajstić information content (AvgIpc) is 3.39. The summed E-state index contributed by atoms with van der Waals surface area (Å²) in [7, 11) is 1.62. The van der Waals surface area contributed by atoms with Crippen LogP contribution in [0, 0.1) is 0 Å². The number of unbranched alkanes of at least 4 members (excludes halogenated alkanes) is 2. The summed E-state index contributed by atoms with van der Waals surface area (Å²) in [5.41, 5.74) is 2.76. The lowest BCUT2D eigenvalue weighted by molar-refractivity contribution is -0.125. The van der Waals surface area contributed by atoms with Gasteiger partial charge in [-0.3, -0.25) is 14.5 Å². The molecule has 2 N–H and O–H groups in total. The molecule has 10 heteroatoms. The fraction of sp³-hybridized carbons (Fsp3) is 0.469. The van der Waals surface area contributed by atoms with E-state index in [2.05, 4.69) is 17.6 Å². The van der Waals surface area contributed by atoms with Gasteiger partial charge in [0.15, 0.2) is 11.5 Å². The van der Waals surface area contributed by atoms with Gasteiger partial charge in [-0.15, -0.1) is 0 Å². The molecule has 2 fully saturated rings. The number of methoxy groups -OCH3 is 1. The molecule has 1 aromatic heterocycles. The van der Waals surface area contributed by atoms with Crippen LogP contribution in [-0.4, -0.2) is 66.7 Å². The first-order chi connectivity index (χ1) is 20.5. The Kier molecular flexibility index (Phi) is 9.51. The molecule has 1 unspecified atom stereocenters. The van der Waals surface area contributed by atoms with E-state index in [4.69, 9.17) is 9.47 Å². The van der Waals surface area contributed by atoms with Crippen LogP contribution in [0.5, 0.6) is 11.5 Å². The normalized spacial score (nSPS) is 17.3. The summed E-state index contributed by atoms with van der Waals surface area (Å²) in [5.74, 6) is 1.16. The number of carbonyl (C=O) groups excluding carboxylic acids is 3. The molecule has 0 saturated carbocycles. The highest BCUT2D eigenvalue weighted by Gasteiger charge is 2.28. The minimum absolute atomic E-state index is 0.0309. The second-order valence-corrected chi connectivity index (χ2v) is 11.0. The van der Waals surface area contributed by atoms with Crippen molar-refractivity contribution in [1.29, 1.82) is 0 Å². The van der Waals surface area contributed by atoms with Gasteiger partial charge >= 0.3 is 6.03 Å². The number of carbonyl (C=O) groups is 3. The number of nitrogens with zero attached hydrogens (tertiary/aromatic N) is 3. The number of hydrogen-bond donors (Lipinski definition) is 2. The second-order valence-electron chi connectivity index (χ2n) is 11.0. The van der Waals surface area contributed by atoms with Gasteiger partial charge in [0.05, 0.1) is 13.7 Å². The van der Waals surface area contributed by atoms with Gasteiger partial charge in [0.25, 0.3) is 0 Å². The lowest BCUT2D eigenvalue weighted by Crippen LogP contribution is -2.49. The molecule has 5 rings (SSSR count). The lowest BCUT2D eigenvalue weighted by atomic mass is 10.1. The number of benzene rings is 2. The Morgan fingerprint density at radius 1 is 1.10 bits per heavy atom. The Morgan fingerprint density at radius 3 is 2.79 bits per heavy atom. The Balaban J connectivity index is 1.27. The zero-order chi connectivity index (χ0) is 29.5. The van der Waals surface area contributed by atoms with E-state index in [1.807, 2.05) is 63.0 Å². The third-order valence-electron chi connectivity index (χ3n) is 7.97. The number of hydrogen-bond acceptors (Lipinski definition) is 5. The standard InChI is InChI=1S/C32H41N5O5/c1-3-4-5-18-42-29-20-25(10-11-28(29)41-2)37-16-7-15-36(32(37)40)21-23-8-6-9-27-26(23)13-17-35(27)22-31(39)34-24-12-14-33-30(38)19-24/h6,8-11,13,17,20,24H,3-5,7,12,14-16,18-19,21-22H2,1-2H3,(H,33,38)(H,34,39). The number of urea groups is 1. The smallest absolute Gasteiger partial charge is 0.324 e. The molecule has 0 spiro atoms. The molecule has 0 radical (unpaired) electrons. The summed E-state index contributed by atoms with van der Waals surface area (Å²) in [4.78, 5) is 41.8. The van der Waals surface area contributed by atoms with Crippen LogP contribution in [0.3, 0.4) is 0 Å². The minimum atomic E-state index is -0.133. The molecule has 2 aliphatic rings. The molecule has 42 heavy (non-hydrogen) atoms. The van der Waals surface area contributed by atoms with E-state index in [0.29, 0.717) is 50.7 Å². The average molecular weight is 576 g/mol. The molecule has 4 amide bonds. The third kappa shape index (κ3) is 6.80. The second kappa shape index (κ2) is 13.6. The highest BCUT2D eigenvalue weighted by Crippen LogP contribution is 2.34. The van der Waals surface area contributed by atoms with Crippen molar-refractivity contribution >= 4 is 34.4 Å². The summed E-state index contributed by atoms with van der Waals surface area (Å²) < 4.78 is 13.4. The molecule has 2 aromatic carbocycles. The monoisotopic (exact) mass is 575 g/mol. The number of ether oxygens (including phenoxy) is 2. The molecular weight excluding hydrogens is 534 g/mol. The van der Waals surface area contributed by atoms with E-state index in [-0.39, 0.29) is 30.4 Å². The number of amides is 4. The van der Waals surface area contributed by atoms with Gasteiger partial charge < -0.3 is 29.6 Å². The van der Waals surface area contributed by atoms with E-state index in [0.717, 1.165) is 54.3 Å². The van der Waals surface area contributed by atoms with Crippen molar-refractivity contribution in [1.82, 2.24) is 20.1 Å². The summed E-state index contributed by atoms with van der Waals surface area (Å²) in [6.45, 7) is 5.29. The molecule has 3 aromatic rings. The van der Waals surface area contributed by atoms with Gasteiger partial charge in [-0.2, -0.15) is 0 Å². The maximum absolute atomic E-state index is 13.7.